The molecule has 156 valence electrons. The minimum atomic E-state index is 0.00475. The lowest BCUT2D eigenvalue weighted by molar-refractivity contribution is 0.660. The first-order chi connectivity index (χ1) is 16.1. The number of hydrogen-bond acceptors (Lipinski definition) is 0. The molecule has 6 aromatic rings. The van der Waals surface area contributed by atoms with Gasteiger partial charge in [0.05, 0.1) is 0 Å². The maximum absolute atomic E-state index is 2.41. The first-order valence-corrected chi connectivity index (χ1v) is 11.7. The highest BCUT2D eigenvalue weighted by molar-refractivity contribution is 6.23. The van der Waals surface area contributed by atoms with E-state index in [0.717, 1.165) is 0 Å². The maximum atomic E-state index is 2.41. The summed E-state index contributed by atoms with van der Waals surface area (Å²) in [4.78, 5) is 0. The average molecular weight is 421 g/mol. The number of rotatable bonds is 1. The summed E-state index contributed by atoms with van der Waals surface area (Å²) in [5.41, 5.74) is 8.26. The van der Waals surface area contributed by atoms with Crippen LogP contribution in [0.2, 0.25) is 0 Å². The standard InChI is InChI=1S/C33H24/c1-33(2)29-16-8-7-14-27(29)32-26(15-9-17-30(32)33)28-20-22-19-18-21-10-3-4-11-23(21)31(22)25-13-6-5-12-24(25)28/h3-20H,1-2H3. The van der Waals surface area contributed by atoms with Crippen LogP contribution in [-0.4, -0.2) is 0 Å². The van der Waals surface area contributed by atoms with Crippen LogP contribution in [0.4, 0.5) is 0 Å². The Hall–Kier alpha value is -3.90. The normalized spacial score (nSPS) is 14.0. The van der Waals surface area contributed by atoms with E-state index in [-0.39, 0.29) is 5.41 Å². The molecule has 0 aromatic heterocycles. The zero-order chi connectivity index (χ0) is 22.2. The van der Waals surface area contributed by atoms with Crippen LogP contribution in [0.15, 0.2) is 109 Å². The summed E-state index contributed by atoms with van der Waals surface area (Å²) in [5, 5.41) is 7.90. The van der Waals surface area contributed by atoms with Crippen molar-refractivity contribution in [3.05, 3.63) is 120 Å². The van der Waals surface area contributed by atoms with E-state index in [9.17, 15) is 0 Å². The summed E-state index contributed by atoms with van der Waals surface area (Å²) < 4.78 is 0. The summed E-state index contributed by atoms with van der Waals surface area (Å²) in [6.07, 6.45) is 0. The SMILES string of the molecule is CC1(C)c2ccccc2-c2c(-c3cc4ccc5ccccc5c4c4ccccc34)cccc21. The predicted octanol–water partition coefficient (Wildman–Crippen LogP) is 9.12. The molecule has 7 rings (SSSR count). The molecule has 0 unspecified atom stereocenters. The van der Waals surface area contributed by atoms with E-state index < -0.39 is 0 Å². The Morgan fingerprint density at radius 1 is 0.455 bits per heavy atom. The van der Waals surface area contributed by atoms with E-state index in [2.05, 4.69) is 123 Å². The van der Waals surface area contributed by atoms with Gasteiger partial charge in [-0.15, -0.1) is 0 Å². The average Bonchev–Trinajstić information content (AvgIpc) is 3.10. The Labute approximate surface area is 194 Å². The second kappa shape index (κ2) is 6.56. The van der Waals surface area contributed by atoms with Gasteiger partial charge in [0.15, 0.2) is 0 Å². The Kier molecular flexibility index (Phi) is 3.71. The number of benzene rings is 6. The molecule has 1 aliphatic rings. The lowest BCUT2D eigenvalue weighted by Gasteiger charge is -2.22. The van der Waals surface area contributed by atoms with Gasteiger partial charge in [-0.2, -0.15) is 0 Å². The van der Waals surface area contributed by atoms with Crippen molar-refractivity contribution < 1.29 is 0 Å². The lowest BCUT2D eigenvalue weighted by atomic mass is 9.81. The largest absolute Gasteiger partial charge is 0.0619 e. The van der Waals surface area contributed by atoms with Gasteiger partial charge in [-0.3, -0.25) is 0 Å². The van der Waals surface area contributed by atoms with E-state index in [1.807, 2.05) is 0 Å². The highest BCUT2D eigenvalue weighted by atomic mass is 14.4. The van der Waals surface area contributed by atoms with Crippen LogP contribution in [-0.2, 0) is 5.41 Å². The van der Waals surface area contributed by atoms with Crippen LogP contribution in [0.1, 0.15) is 25.0 Å². The van der Waals surface area contributed by atoms with Gasteiger partial charge in [0.2, 0.25) is 0 Å². The van der Waals surface area contributed by atoms with Crippen molar-refractivity contribution in [3.8, 4) is 22.3 Å². The van der Waals surface area contributed by atoms with Gasteiger partial charge in [0, 0.05) is 5.41 Å². The summed E-state index contributed by atoms with van der Waals surface area (Å²) in [6, 6.07) is 40.4. The zero-order valence-corrected chi connectivity index (χ0v) is 18.9. The van der Waals surface area contributed by atoms with Crippen molar-refractivity contribution in [2.24, 2.45) is 0 Å². The Bertz CT molecular complexity index is 1730. The molecule has 0 heterocycles. The van der Waals surface area contributed by atoms with Crippen molar-refractivity contribution in [1.29, 1.82) is 0 Å². The molecule has 0 saturated heterocycles. The summed E-state index contributed by atoms with van der Waals surface area (Å²) in [7, 11) is 0. The second-order valence-corrected chi connectivity index (χ2v) is 9.75. The molecule has 0 aliphatic heterocycles. The van der Waals surface area contributed by atoms with Gasteiger partial charge in [-0.05, 0) is 71.8 Å². The van der Waals surface area contributed by atoms with Crippen molar-refractivity contribution in [3.63, 3.8) is 0 Å². The maximum Gasteiger partial charge on any atom is 0.0159 e. The molecule has 1 aliphatic carbocycles. The first kappa shape index (κ1) is 18.7. The van der Waals surface area contributed by atoms with Gasteiger partial charge in [-0.25, -0.2) is 0 Å². The molecule has 0 heteroatoms. The van der Waals surface area contributed by atoms with E-state index >= 15 is 0 Å². The molecule has 0 bridgehead atoms. The highest BCUT2D eigenvalue weighted by Crippen LogP contribution is 2.53. The van der Waals surface area contributed by atoms with Crippen molar-refractivity contribution in [1.82, 2.24) is 0 Å². The van der Waals surface area contributed by atoms with Gasteiger partial charge >= 0.3 is 0 Å². The fourth-order valence-corrected chi connectivity index (χ4v) is 6.08. The molecular weight excluding hydrogens is 396 g/mol. The fourth-order valence-electron chi connectivity index (χ4n) is 6.08. The van der Waals surface area contributed by atoms with Gasteiger partial charge in [0.25, 0.3) is 0 Å². The first-order valence-electron chi connectivity index (χ1n) is 11.7. The van der Waals surface area contributed by atoms with E-state index in [1.54, 1.807) is 0 Å². The van der Waals surface area contributed by atoms with E-state index in [4.69, 9.17) is 0 Å². The molecule has 0 radical (unpaired) electrons. The smallest absolute Gasteiger partial charge is 0.0159 e. The van der Waals surface area contributed by atoms with Crippen LogP contribution in [0.5, 0.6) is 0 Å². The zero-order valence-electron chi connectivity index (χ0n) is 18.9. The minimum Gasteiger partial charge on any atom is -0.0619 e. The third-order valence-corrected chi connectivity index (χ3v) is 7.65. The van der Waals surface area contributed by atoms with Crippen molar-refractivity contribution >= 4 is 32.3 Å². The van der Waals surface area contributed by atoms with E-state index in [0.29, 0.717) is 0 Å². The van der Waals surface area contributed by atoms with Crippen molar-refractivity contribution in [2.45, 2.75) is 19.3 Å². The minimum absolute atomic E-state index is 0.00475. The van der Waals surface area contributed by atoms with Crippen LogP contribution >= 0.6 is 0 Å². The molecular formula is C33H24. The molecule has 0 saturated carbocycles. The summed E-state index contributed by atoms with van der Waals surface area (Å²) in [5.74, 6) is 0. The Morgan fingerprint density at radius 2 is 1.09 bits per heavy atom. The molecule has 33 heavy (non-hydrogen) atoms. The van der Waals surface area contributed by atoms with Crippen LogP contribution in [0.3, 0.4) is 0 Å². The monoisotopic (exact) mass is 420 g/mol. The van der Waals surface area contributed by atoms with Gasteiger partial charge in [-0.1, -0.05) is 117 Å². The summed E-state index contributed by atoms with van der Waals surface area (Å²) >= 11 is 0. The number of fused-ring (bicyclic) bond motifs is 8. The molecule has 0 atom stereocenters. The summed E-state index contributed by atoms with van der Waals surface area (Å²) in [6.45, 7) is 4.71. The molecule has 0 N–H and O–H groups in total. The lowest BCUT2D eigenvalue weighted by Crippen LogP contribution is -2.14. The Morgan fingerprint density at radius 3 is 1.97 bits per heavy atom. The van der Waals surface area contributed by atoms with Gasteiger partial charge < -0.3 is 0 Å². The van der Waals surface area contributed by atoms with Crippen LogP contribution < -0.4 is 0 Å². The van der Waals surface area contributed by atoms with E-state index in [1.165, 1.54) is 65.7 Å². The molecule has 0 fully saturated rings. The van der Waals surface area contributed by atoms with Crippen LogP contribution in [0, 0.1) is 0 Å². The highest BCUT2D eigenvalue weighted by Gasteiger charge is 2.36. The Balaban J connectivity index is 1.64. The quantitative estimate of drug-likeness (QED) is 0.233. The van der Waals surface area contributed by atoms with Gasteiger partial charge in [0.1, 0.15) is 0 Å². The molecule has 0 nitrogen and oxygen atoms in total. The number of hydrogen-bond donors (Lipinski definition) is 0. The fraction of sp³-hybridized carbons (Fsp3) is 0.0909. The van der Waals surface area contributed by atoms with Crippen molar-refractivity contribution in [2.75, 3.05) is 0 Å². The molecule has 6 aromatic carbocycles. The van der Waals surface area contributed by atoms with Crippen LogP contribution in [0.25, 0.3) is 54.6 Å². The molecule has 0 spiro atoms. The third-order valence-electron chi connectivity index (χ3n) is 7.65. The predicted molar refractivity (Wildman–Crippen MR) is 142 cm³/mol. The topological polar surface area (TPSA) is 0 Å². The molecule has 0 amide bonds. The second-order valence-electron chi connectivity index (χ2n) is 9.75. The third kappa shape index (κ3) is 2.47.